The number of hydrogen-bond acceptors (Lipinski definition) is 4. The molecular formula is C12H18N2O3S. The van der Waals surface area contributed by atoms with Gasteiger partial charge in [0.05, 0.1) is 5.75 Å². The first kappa shape index (κ1) is 14.7. The van der Waals surface area contributed by atoms with E-state index in [2.05, 4.69) is 10.6 Å². The maximum atomic E-state index is 11.8. The number of sulfone groups is 1. The van der Waals surface area contributed by atoms with E-state index >= 15 is 0 Å². The number of carbonyl (C=O) groups excluding carboxylic acids is 1. The summed E-state index contributed by atoms with van der Waals surface area (Å²) in [6.45, 7) is 0. The third kappa shape index (κ3) is 4.46. The highest BCUT2D eigenvalue weighted by atomic mass is 32.2. The van der Waals surface area contributed by atoms with Crippen molar-refractivity contribution in [3.63, 3.8) is 0 Å². The Balaban J connectivity index is 2.78. The molecule has 0 saturated heterocycles. The van der Waals surface area contributed by atoms with Crippen molar-refractivity contribution in [3.8, 4) is 0 Å². The molecule has 0 aliphatic carbocycles. The maximum absolute atomic E-state index is 11.8. The quantitative estimate of drug-likeness (QED) is 0.769. The lowest BCUT2D eigenvalue weighted by Gasteiger charge is -2.16. The predicted molar refractivity (Wildman–Crippen MR) is 71.0 cm³/mol. The monoisotopic (exact) mass is 270 g/mol. The zero-order valence-corrected chi connectivity index (χ0v) is 11.3. The summed E-state index contributed by atoms with van der Waals surface area (Å²) in [6.07, 6.45) is 0. The van der Waals surface area contributed by atoms with Gasteiger partial charge in [0.15, 0.2) is 9.84 Å². The highest BCUT2D eigenvalue weighted by Gasteiger charge is 2.21. The van der Waals surface area contributed by atoms with E-state index in [9.17, 15) is 13.2 Å². The lowest BCUT2D eigenvalue weighted by atomic mass is 10.1. The van der Waals surface area contributed by atoms with Crippen molar-refractivity contribution >= 4 is 15.7 Å². The first-order valence-corrected chi connectivity index (χ1v) is 7.44. The number of carbonyl (C=O) groups is 1. The number of benzene rings is 1. The van der Waals surface area contributed by atoms with Gasteiger partial charge in [-0.2, -0.15) is 0 Å². The van der Waals surface area contributed by atoms with Crippen molar-refractivity contribution < 1.29 is 13.2 Å². The molecule has 0 saturated carbocycles. The van der Waals surface area contributed by atoms with Gasteiger partial charge in [-0.1, -0.05) is 30.3 Å². The van der Waals surface area contributed by atoms with Gasteiger partial charge in [-0.3, -0.25) is 4.79 Å². The van der Waals surface area contributed by atoms with Gasteiger partial charge < -0.3 is 10.6 Å². The third-order valence-electron chi connectivity index (χ3n) is 2.60. The van der Waals surface area contributed by atoms with Crippen LogP contribution in [0.4, 0.5) is 0 Å². The minimum atomic E-state index is -3.43. The van der Waals surface area contributed by atoms with Crippen LogP contribution in [0.2, 0.25) is 0 Å². The summed E-state index contributed by atoms with van der Waals surface area (Å²) in [5, 5.41) is 5.27. The van der Waals surface area contributed by atoms with Gasteiger partial charge in [-0.15, -0.1) is 0 Å². The van der Waals surface area contributed by atoms with E-state index in [1.54, 1.807) is 7.05 Å². The minimum absolute atomic E-state index is 0.0963. The van der Waals surface area contributed by atoms with Crippen LogP contribution in [0.5, 0.6) is 0 Å². The fraction of sp³-hybridized carbons (Fsp3) is 0.417. The van der Waals surface area contributed by atoms with Crippen molar-refractivity contribution in [2.24, 2.45) is 0 Å². The highest BCUT2D eigenvalue weighted by molar-refractivity contribution is 7.92. The first-order valence-electron chi connectivity index (χ1n) is 5.61. The molecule has 2 N–H and O–H groups in total. The molecule has 0 aliphatic rings. The van der Waals surface area contributed by atoms with E-state index in [1.165, 1.54) is 7.05 Å². The normalized spacial score (nSPS) is 13.0. The molecule has 1 unspecified atom stereocenters. The zero-order chi connectivity index (χ0) is 13.6. The summed E-state index contributed by atoms with van der Waals surface area (Å²) in [4.78, 5) is 11.1. The Morgan fingerprint density at radius 1 is 1.22 bits per heavy atom. The van der Waals surface area contributed by atoms with Crippen molar-refractivity contribution in [2.75, 3.05) is 25.6 Å². The molecule has 0 heterocycles. The van der Waals surface area contributed by atoms with Gasteiger partial charge >= 0.3 is 0 Å². The second kappa shape index (κ2) is 6.51. The van der Waals surface area contributed by atoms with Gasteiger partial charge in [0.1, 0.15) is 5.75 Å². The van der Waals surface area contributed by atoms with Gasteiger partial charge in [0, 0.05) is 13.1 Å². The minimum Gasteiger partial charge on any atom is -0.358 e. The Morgan fingerprint density at radius 2 is 1.83 bits per heavy atom. The van der Waals surface area contributed by atoms with Crippen molar-refractivity contribution in [3.05, 3.63) is 35.9 Å². The fourth-order valence-corrected chi connectivity index (χ4v) is 3.14. The average Bonchev–Trinajstić information content (AvgIpc) is 2.36. The lowest BCUT2D eigenvalue weighted by Crippen LogP contribution is -2.32. The van der Waals surface area contributed by atoms with Gasteiger partial charge in [0.2, 0.25) is 5.91 Å². The summed E-state index contributed by atoms with van der Waals surface area (Å²) >= 11 is 0. The standard InChI is InChI=1S/C12H18N2O3S/c1-13-11(10-6-4-3-5-7-10)8-18(16,17)9-12(15)14-2/h3-7,11,13H,8-9H2,1-2H3,(H,14,15). The van der Waals surface area contributed by atoms with E-state index in [1.807, 2.05) is 30.3 Å². The van der Waals surface area contributed by atoms with Crippen LogP contribution in [-0.4, -0.2) is 39.9 Å². The fourth-order valence-electron chi connectivity index (χ4n) is 1.62. The molecule has 1 rings (SSSR count). The summed E-state index contributed by atoms with van der Waals surface area (Å²) in [5.41, 5.74) is 0.889. The van der Waals surface area contributed by atoms with E-state index in [4.69, 9.17) is 0 Å². The Morgan fingerprint density at radius 3 is 2.33 bits per heavy atom. The molecule has 0 fully saturated rings. The summed E-state index contributed by atoms with van der Waals surface area (Å²) < 4.78 is 23.7. The molecule has 1 amide bonds. The highest BCUT2D eigenvalue weighted by Crippen LogP contribution is 2.14. The average molecular weight is 270 g/mol. The molecule has 0 aromatic heterocycles. The Kier molecular flexibility index (Phi) is 5.30. The molecule has 100 valence electrons. The predicted octanol–water partition coefficient (Wildman–Crippen LogP) is 0.108. The molecule has 5 nitrogen and oxygen atoms in total. The summed E-state index contributed by atoms with van der Waals surface area (Å²) in [6, 6.07) is 8.99. The maximum Gasteiger partial charge on any atom is 0.234 e. The van der Waals surface area contributed by atoms with Crippen molar-refractivity contribution in [1.82, 2.24) is 10.6 Å². The molecule has 0 bridgehead atoms. The topological polar surface area (TPSA) is 75.3 Å². The Hall–Kier alpha value is -1.40. The molecule has 0 radical (unpaired) electrons. The number of rotatable bonds is 6. The smallest absolute Gasteiger partial charge is 0.234 e. The largest absolute Gasteiger partial charge is 0.358 e. The van der Waals surface area contributed by atoms with Crippen LogP contribution in [0, 0.1) is 0 Å². The second-order valence-corrected chi connectivity index (χ2v) is 6.09. The van der Waals surface area contributed by atoms with E-state index < -0.39 is 21.5 Å². The van der Waals surface area contributed by atoms with Crippen LogP contribution in [0.1, 0.15) is 11.6 Å². The lowest BCUT2D eigenvalue weighted by molar-refractivity contribution is -0.118. The number of hydrogen-bond donors (Lipinski definition) is 2. The molecule has 1 aromatic carbocycles. The van der Waals surface area contributed by atoms with Crippen molar-refractivity contribution in [1.29, 1.82) is 0 Å². The molecular weight excluding hydrogens is 252 g/mol. The first-order chi connectivity index (χ1) is 8.48. The molecule has 1 atom stereocenters. The van der Waals surface area contributed by atoms with Crippen LogP contribution >= 0.6 is 0 Å². The van der Waals surface area contributed by atoms with Gasteiger partial charge in [-0.05, 0) is 12.6 Å². The van der Waals surface area contributed by atoms with E-state index in [0.29, 0.717) is 0 Å². The van der Waals surface area contributed by atoms with E-state index in [-0.39, 0.29) is 11.8 Å². The van der Waals surface area contributed by atoms with Gasteiger partial charge in [-0.25, -0.2) is 8.42 Å². The van der Waals surface area contributed by atoms with Crippen LogP contribution in [0.25, 0.3) is 0 Å². The van der Waals surface area contributed by atoms with Crippen LogP contribution < -0.4 is 10.6 Å². The summed E-state index contributed by atoms with van der Waals surface area (Å²) in [5.74, 6) is -1.06. The third-order valence-corrected chi connectivity index (χ3v) is 4.14. The molecule has 0 spiro atoms. The van der Waals surface area contributed by atoms with Crippen LogP contribution in [0.3, 0.4) is 0 Å². The second-order valence-electron chi connectivity index (χ2n) is 3.98. The molecule has 18 heavy (non-hydrogen) atoms. The molecule has 6 heteroatoms. The van der Waals surface area contributed by atoms with Crippen molar-refractivity contribution in [2.45, 2.75) is 6.04 Å². The zero-order valence-electron chi connectivity index (χ0n) is 10.5. The Labute approximate surface area is 108 Å². The van der Waals surface area contributed by atoms with Crippen LogP contribution in [-0.2, 0) is 14.6 Å². The van der Waals surface area contributed by atoms with Crippen LogP contribution in [0.15, 0.2) is 30.3 Å². The SMILES string of the molecule is CNC(=O)CS(=O)(=O)CC(NC)c1ccccc1. The molecule has 0 aliphatic heterocycles. The Bertz CT molecular complexity index is 485. The number of nitrogens with one attached hydrogen (secondary N) is 2. The van der Waals surface area contributed by atoms with E-state index in [0.717, 1.165) is 5.56 Å². The van der Waals surface area contributed by atoms with Gasteiger partial charge in [0.25, 0.3) is 0 Å². The molecule has 1 aromatic rings. The number of amides is 1. The summed E-state index contributed by atoms with van der Waals surface area (Å²) in [7, 11) is -0.304.